The highest BCUT2D eigenvalue weighted by Gasteiger charge is 2.11. The van der Waals surface area contributed by atoms with E-state index in [1.807, 2.05) is 18.4 Å². The van der Waals surface area contributed by atoms with Gasteiger partial charge in [-0.25, -0.2) is 4.39 Å². The van der Waals surface area contributed by atoms with Gasteiger partial charge in [-0.3, -0.25) is 0 Å². The predicted octanol–water partition coefficient (Wildman–Crippen LogP) is 3.61. The third-order valence-electron chi connectivity index (χ3n) is 2.32. The lowest BCUT2D eigenvalue weighted by Gasteiger charge is -2.06. The Bertz CT molecular complexity index is 462. The molecule has 2 aromatic rings. The van der Waals surface area contributed by atoms with Crippen LogP contribution in [-0.4, -0.2) is 7.11 Å². The van der Waals surface area contributed by atoms with Crippen LogP contribution in [0.25, 0.3) is 10.1 Å². The number of rotatable bonds is 2. The van der Waals surface area contributed by atoms with Crippen molar-refractivity contribution in [1.82, 2.24) is 0 Å². The van der Waals surface area contributed by atoms with Crippen molar-refractivity contribution in [3.8, 4) is 5.75 Å². The van der Waals surface area contributed by atoms with Crippen LogP contribution in [0.2, 0.25) is 0 Å². The molecule has 3 heteroatoms. The summed E-state index contributed by atoms with van der Waals surface area (Å²) in [7, 11) is 1.57. The zero-order valence-corrected chi connectivity index (χ0v) is 8.95. The molecule has 0 saturated carbocycles. The molecule has 0 fully saturated rings. The molecule has 1 aromatic heterocycles. The summed E-state index contributed by atoms with van der Waals surface area (Å²) >= 11 is 1.56. The molecule has 0 unspecified atom stereocenters. The molecule has 0 amide bonds. The predicted molar refractivity (Wildman–Crippen MR) is 57.7 cm³/mol. The molecule has 0 bridgehead atoms. The molecule has 0 aliphatic rings. The van der Waals surface area contributed by atoms with E-state index < -0.39 is 0 Å². The Morgan fingerprint density at radius 1 is 1.50 bits per heavy atom. The lowest BCUT2D eigenvalue weighted by molar-refractivity contribution is 0.416. The van der Waals surface area contributed by atoms with Crippen molar-refractivity contribution in [2.45, 2.75) is 13.3 Å². The molecule has 0 atom stereocenters. The average Bonchev–Trinajstić information content (AvgIpc) is 2.65. The SMILES string of the molecule is CCc1c(F)cc(OC)c2ccsc12. The quantitative estimate of drug-likeness (QED) is 0.735. The lowest BCUT2D eigenvalue weighted by Crippen LogP contribution is -1.91. The van der Waals surface area contributed by atoms with Crippen molar-refractivity contribution in [1.29, 1.82) is 0 Å². The van der Waals surface area contributed by atoms with E-state index in [2.05, 4.69) is 0 Å². The second-order valence-corrected chi connectivity index (χ2v) is 3.97. The fraction of sp³-hybridized carbons (Fsp3) is 0.273. The van der Waals surface area contributed by atoms with Crippen LogP contribution in [0, 0.1) is 5.82 Å². The number of methoxy groups -OCH3 is 1. The van der Waals surface area contributed by atoms with Crippen LogP contribution in [0.5, 0.6) is 5.75 Å². The minimum absolute atomic E-state index is 0.167. The maximum atomic E-state index is 13.6. The molecule has 1 nitrogen and oxygen atoms in total. The van der Waals surface area contributed by atoms with Gasteiger partial charge in [0.1, 0.15) is 11.6 Å². The summed E-state index contributed by atoms with van der Waals surface area (Å²) in [6, 6.07) is 3.44. The maximum Gasteiger partial charge on any atom is 0.131 e. The van der Waals surface area contributed by atoms with E-state index in [4.69, 9.17) is 4.74 Å². The average molecular weight is 210 g/mol. The zero-order valence-electron chi connectivity index (χ0n) is 8.13. The molecule has 0 radical (unpaired) electrons. The van der Waals surface area contributed by atoms with Gasteiger partial charge in [0.25, 0.3) is 0 Å². The molecular weight excluding hydrogens is 199 g/mol. The number of benzene rings is 1. The molecule has 0 saturated heterocycles. The summed E-state index contributed by atoms with van der Waals surface area (Å²) in [5.74, 6) is 0.454. The maximum absolute atomic E-state index is 13.6. The highest BCUT2D eigenvalue weighted by Crippen LogP contribution is 2.34. The Labute approximate surface area is 86.1 Å². The van der Waals surface area contributed by atoms with Gasteiger partial charge >= 0.3 is 0 Å². The summed E-state index contributed by atoms with van der Waals surface area (Å²) in [5, 5.41) is 2.97. The van der Waals surface area contributed by atoms with E-state index in [1.165, 1.54) is 6.07 Å². The summed E-state index contributed by atoms with van der Waals surface area (Å²) in [4.78, 5) is 0. The topological polar surface area (TPSA) is 9.23 Å². The number of hydrogen-bond acceptors (Lipinski definition) is 2. The smallest absolute Gasteiger partial charge is 0.131 e. The molecule has 14 heavy (non-hydrogen) atoms. The van der Waals surface area contributed by atoms with Crippen molar-refractivity contribution in [2.75, 3.05) is 7.11 Å². The Morgan fingerprint density at radius 2 is 2.29 bits per heavy atom. The van der Waals surface area contributed by atoms with Gasteiger partial charge in [0.2, 0.25) is 0 Å². The second kappa shape index (κ2) is 3.58. The minimum Gasteiger partial charge on any atom is -0.496 e. The first-order valence-electron chi connectivity index (χ1n) is 4.50. The van der Waals surface area contributed by atoms with Crippen LogP contribution in [0.1, 0.15) is 12.5 Å². The van der Waals surface area contributed by atoms with Gasteiger partial charge in [-0.05, 0) is 17.9 Å². The Kier molecular flexibility index (Phi) is 2.42. The second-order valence-electron chi connectivity index (χ2n) is 3.06. The molecule has 1 heterocycles. The van der Waals surface area contributed by atoms with Crippen molar-refractivity contribution < 1.29 is 9.13 Å². The third-order valence-corrected chi connectivity index (χ3v) is 3.30. The molecule has 0 aliphatic heterocycles. The summed E-state index contributed by atoms with van der Waals surface area (Å²) in [6.07, 6.45) is 0.715. The number of fused-ring (bicyclic) bond motifs is 1. The summed E-state index contributed by atoms with van der Waals surface area (Å²) < 4.78 is 19.7. The Hall–Kier alpha value is -1.09. The summed E-state index contributed by atoms with van der Waals surface area (Å²) in [5.41, 5.74) is 0.788. The van der Waals surface area contributed by atoms with E-state index in [0.29, 0.717) is 12.2 Å². The lowest BCUT2D eigenvalue weighted by atomic mass is 10.1. The molecular formula is C11H11FOS. The van der Waals surface area contributed by atoms with Crippen molar-refractivity contribution >= 4 is 21.4 Å². The number of thiophene rings is 1. The van der Waals surface area contributed by atoms with Crippen LogP contribution in [-0.2, 0) is 6.42 Å². The number of hydrogen-bond donors (Lipinski definition) is 0. The third kappa shape index (κ3) is 1.28. The van der Waals surface area contributed by atoms with Gasteiger partial charge < -0.3 is 4.74 Å². The number of ether oxygens (including phenoxy) is 1. The van der Waals surface area contributed by atoms with E-state index in [9.17, 15) is 4.39 Å². The highest BCUT2D eigenvalue weighted by atomic mass is 32.1. The fourth-order valence-corrected chi connectivity index (χ4v) is 2.64. The number of halogens is 1. The first kappa shape index (κ1) is 9.46. The van der Waals surface area contributed by atoms with Gasteiger partial charge in [0.05, 0.1) is 7.11 Å². The van der Waals surface area contributed by atoms with Gasteiger partial charge in [-0.1, -0.05) is 6.92 Å². The van der Waals surface area contributed by atoms with Crippen molar-refractivity contribution in [3.63, 3.8) is 0 Å². The van der Waals surface area contributed by atoms with Gasteiger partial charge in [-0.15, -0.1) is 11.3 Å². The van der Waals surface area contributed by atoms with E-state index in [-0.39, 0.29) is 5.82 Å². The van der Waals surface area contributed by atoms with Gasteiger partial charge in [-0.2, -0.15) is 0 Å². The van der Waals surface area contributed by atoms with Crippen molar-refractivity contribution in [2.24, 2.45) is 0 Å². The monoisotopic (exact) mass is 210 g/mol. The van der Waals surface area contributed by atoms with Crippen LogP contribution in [0.3, 0.4) is 0 Å². The summed E-state index contributed by atoms with van der Waals surface area (Å²) in [6.45, 7) is 1.96. The van der Waals surface area contributed by atoms with E-state index in [0.717, 1.165) is 15.6 Å². The Morgan fingerprint density at radius 3 is 2.93 bits per heavy atom. The van der Waals surface area contributed by atoms with Crippen LogP contribution < -0.4 is 4.74 Å². The first-order chi connectivity index (χ1) is 6.77. The van der Waals surface area contributed by atoms with Crippen LogP contribution in [0.4, 0.5) is 4.39 Å². The Balaban J connectivity index is 2.81. The largest absolute Gasteiger partial charge is 0.496 e. The molecule has 0 spiro atoms. The zero-order chi connectivity index (χ0) is 10.1. The molecule has 74 valence electrons. The first-order valence-corrected chi connectivity index (χ1v) is 5.38. The number of aryl methyl sites for hydroxylation is 1. The molecule has 2 rings (SSSR count). The van der Waals surface area contributed by atoms with Crippen LogP contribution in [0.15, 0.2) is 17.5 Å². The standard InChI is InChI=1S/C11H11FOS/c1-3-7-9(12)6-10(13-2)8-4-5-14-11(7)8/h4-6H,3H2,1-2H3. The molecule has 1 aromatic carbocycles. The van der Waals surface area contributed by atoms with Gasteiger partial charge in [0, 0.05) is 21.7 Å². The fourth-order valence-electron chi connectivity index (χ4n) is 1.62. The minimum atomic E-state index is -0.167. The van der Waals surface area contributed by atoms with E-state index >= 15 is 0 Å². The van der Waals surface area contributed by atoms with E-state index in [1.54, 1.807) is 18.4 Å². The van der Waals surface area contributed by atoms with Crippen LogP contribution >= 0.6 is 11.3 Å². The molecule has 0 N–H and O–H groups in total. The van der Waals surface area contributed by atoms with Crippen molar-refractivity contribution in [3.05, 3.63) is 28.9 Å². The highest BCUT2D eigenvalue weighted by molar-refractivity contribution is 7.17. The van der Waals surface area contributed by atoms with Gasteiger partial charge in [0.15, 0.2) is 0 Å². The molecule has 0 aliphatic carbocycles. The normalized spacial score (nSPS) is 10.8.